The number of hydrogen-bond donors (Lipinski definition) is 1. The Morgan fingerprint density at radius 2 is 1.94 bits per heavy atom. The summed E-state index contributed by atoms with van der Waals surface area (Å²) in [6, 6.07) is 0. The lowest BCUT2D eigenvalue weighted by Gasteiger charge is -2.55. The Bertz CT molecular complexity index is 274. The number of methoxy groups -OCH3 is 2. The minimum atomic E-state index is -0.377. The topological polar surface area (TPSA) is 44.5 Å². The minimum absolute atomic E-state index is 0.159. The van der Waals surface area contributed by atoms with E-state index in [0.717, 1.165) is 12.8 Å². The van der Waals surface area contributed by atoms with Crippen LogP contribution in [0.15, 0.2) is 11.6 Å². The summed E-state index contributed by atoms with van der Waals surface area (Å²) >= 11 is 0. The number of ether oxygens (including phenoxy) is 2. The molecule has 0 unspecified atom stereocenters. The van der Waals surface area contributed by atoms with Crippen molar-refractivity contribution in [2.75, 3.05) is 20.8 Å². The molecule has 0 saturated heterocycles. The smallest absolute Gasteiger partial charge is 0.169 e. The second kappa shape index (κ2) is 4.47. The maximum absolute atomic E-state index is 5.98. The zero-order valence-electron chi connectivity index (χ0n) is 10.4. The third-order valence-corrected chi connectivity index (χ3v) is 4.32. The van der Waals surface area contributed by atoms with Crippen LogP contribution in [0.4, 0.5) is 0 Å². The van der Waals surface area contributed by atoms with Crippen molar-refractivity contribution in [1.82, 2.24) is 0 Å². The van der Waals surface area contributed by atoms with Gasteiger partial charge in [-0.3, -0.25) is 0 Å². The predicted molar refractivity (Wildman–Crippen MR) is 64.0 cm³/mol. The first-order valence-electron chi connectivity index (χ1n) is 6.20. The standard InChI is InChI=1S/C13H23NO2/c1-15-13(16-2)8-12(9-13,10-14)11-6-4-3-5-7-11/h6H,3-5,7-10,14H2,1-2H3. The van der Waals surface area contributed by atoms with Gasteiger partial charge in [-0.05, 0) is 25.7 Å². The number of hydrogen-bond acceptors (Lipinski definition) is 3. The lowest BCUT2D eigenvalue weighted by molar-refractivity contribution is -0.287. The molecule has 92 valence electrons. The largest absolute Gasteiger partial charge is 0.353 e. The van der Waals surface area contributed by atoms with Crippen LogP contribution >= 0.6 is 0 Å². The Balaban J connectivity index is 2.09. The van der Waals surface area contributed by atoms with Crippen molar-refractivity contribution in [3.05, 3.63) is 11.6 Å². The quantitative estimate of drug-likeness (QED) is 0.589. The van der Waals surface area contributed by atoms with Crippen molar-refractivity contribution in [3.63, 3.8) is 0 Å². The van der Waals surface area contributed by atoms with Gasteiger partial charge in [0.25, 0.3) is 0 Å². The molecule has 0 aromatic heterocycles. The van der Waals surface area contributed by atoms with Gasteiger partial charge in [-0.15, -0.1) is 0 Å². The van der Waals surface area contributed by atoms with Gasteiger partial charge in [0, 0.05) is 39.0 Å². The maximum Gasteiger partial charge on any atom is 0.169 e. The molecule has 0 atom stereocenters. The zero-order chi connectivity index (χ0) is 11.6. The van der Waals surface area contributed by atoms with Crippen LogP contribution in [0.2, 0.25) is 0 Å². The molecule has 16 heavy (non-hydrogen) atoms. The second-order valence-corrected chi connectivity index (χ2v) is 5.13. The molecule has 2 aliphatic carbocycles. The Kier molecular flexibility index (Phi) is 3.38. The molecule has 0 heterocycles. The second-order valence-electron chi connectivity index (χ2n) is 5.13. The van der Waals surface area contributed by atoms with E-state index in [1.54, 1.807) is 19.8 Å². The lowest BCUT2D eigenvalue weighted by atomic mass is 9.58. The van der Waals surface area contributed by atoms with Gasteiger partial charge < -0.3 is 15.2 Å². The Morgan fingerprint density at radius 3 is 2.38 bits per heavy atom. The van der Waals surface area contributed by atoms with Gasteiger partial charge in [-0.25, -0.2) is 0 Å². The molecule has 3 nitrogen and oxygen atoms in total. The Hall–Kier alpha value is -0.380. The number of rotatable bonds is 4. The lowest BCUT2D eigenvalue weighted by Crippen LogP contribution is -2.58. The number of nitrogens with two attached hydrogens (primary N) is 1. The van der Waals surface area contributed by atoms with E-state index in [2.05, 4.69) is 6.08 Å². The summed E-state index contributed by atoms with van der Waals surface area (Å²) in [5.74, 6) is -0.377. The van der Waals surface area contributed by atoms with E-state index in [-0.39, 0.29) is 11.2 Å². The fraction of sp³-hybridized carbons (Fsp3) is 0.846. The van der Waals surface area contributed by atoms with Crippen molar-refractivity contribution in [3.8, 4) is 0 Å². The van der Waals surface area contributed by atoms with Crippen LogP contribution in [0.25, 0.3) is 0 Å². The van der Waals surface area contributed by atoms with E-state index in [9.17, 15) is 0 Å². The van der Waals surface area contributed by atoms with Crippen LogP contribution < -0.4 is 5.73 Å². The summed E-state index contributed by atoms with van der Waals surface area (Å²) in [7, 11) is 3.44. The SMILES string of the molecule is COC1(OC)CC(CN)(C2=CCCCC2)C1. The first-order valence-corrected chi connectivity index (χ1v) is 6.20. The average molecular weight is 225 g/mol. The molecule has 1 saturated carbocycles. The summed E-state index contributed by atoms with van der Waals surface area (Å²) in [5.41, 5.74) is 7.68. The van der Waals surface area contributed by atoms with Crippen LogP contribution in [-0.2, 0) is 9.47 Å². The molecular formula is C13H23NO2. The van der Waals surface area contributed by atoms with E-state index >= 15 is 0 Å². The highest BCUT2D eigenvalue weighted by Crippen LogP contribution is 2.56. The van der Waals surface area contributed by atoms with E-state index in [0.29, 0.717) is 6.54 Å². The third-order valence-electron chi connectivity index (χ3n) is 4.32. The average Bonchev–Trinajstić information content (AvgIpc) is 2.31. The van der Waals surface area contributed by atoms with Crippen LogP contribution in [0.3, 0.4) is 0 Å². The van der Waals surface area contributed by atoms with Crippen LogP contribution in [0, 0.1) is 5.41 Å². The van der Waals surface area contributed by atoms with Crippen molar-refractivity contribution in [2.45, 2.75) is 44.3 Å². The van der Waals surface area contributed by atoms with Gasteiger partial charge in [-0.2, -0.15) is 0 Å². The molecule has 0 amide bonds. The van der Waals surface area contributed by atoms with Gasteiger partial charge in [0.05, 0.1) is 0 Å². The zero-order valence-corrected chi connectivity index (χ0v) is 10.4. The van der Waals surface area contributed by atoms with E-state index in [4.69, 9.17) is 15.2 Å². The molecule has 2 rings (SSSR count). The molecule has 2 N–H and O–H groups in total. The van der Waals surface area contributed by atoms with Crippen molar-refractivity contribution >= 4 is 0 Å². The van der Waals surface area contributed by atoms with Gasteiger partial charge in [-0.1, -0.05) is 11.6 Å². The molecule has 2 aliphatic rings. The van der Waals surface area contributed by atoms with Crippen LogP contribution in [0.5, 0.6) is 0 Å². The van der Waals surface area contributed by atoms with Gasteiger partial charge in [0.15, 0.2) is 5.79 Å². The molecule has 0 aliphatic heterocycles. The highest BCUT2D eigenvalue weighted by molar-refractivity contribution is 5.24. The van der Waals surface area contributed by atoms with Gasteiger partial charge >= 0.3 is 0 Å². The van der Waals surface area contributed by atoms with Crippen molar-refractivity contribution in [1.29, 1.82) is 0 Å². The molecule has 0 aromatic rings. The Morgan fingerprint density at radius 1 is 1.25 bits per heavy atom. The van der Waals surface area contributed by atoms with E-state index in [1.165, 1.54) is 25.7 Å². The van der Waals surface area contributed by atoms with Crippen LogP contribution in [-0.4, -0.2) is 26.6 Å². The van der Waals surface area contributed by atoms with Crippen molar-refractivity contribution < 1.29 is 9.47 Å². The van der Waals surface area contributed by atoms with Crippen LogP contribution in [0.1, 0.15) is 38.5 Å². The molecule has 1 fully saturated rings. The fourth-order valence-electron chi connectivity index (χ4n) is 3.17. The molecule has 0 spiro atoms. The molecule has 0 aromatic carbocycles. The molecule has 0 bridgehead atoms. The summed E-state index contributed by atoms with van der Waals surface area (Å²) in [5, 5.41) is 0. The summed E-state index contributed by atoms with van der Waals surface area (Å²) in [6.45, 7) is 0.716. The predicted octanol–water partition coefficient (Wildman–Crippen LogP) is 2.21. The van der Waals surface area contributed by atoms with E-state index < -0.39 is 0 Å². The highest BCUT2D eigenvalue weighted by Gasteiger charge is 2.56. The third kappa shape index (κ3) is 1.81. The summed E-state index contributed by atoms with van der Waals surface area (Å²) in [6.07, 6.45) is 9.27. The maximum atomic E-state index is 5.98. The number of allylic oxidation sites excluding steroid dienone is 1. The fourth-order valence-corrected chi connectivity index (χ4v) is 3.17. The summed E-state index contributed by atoms with van der Waals surface area (Å²) in [4.78, 5) is 0. The van der Waals surface area contributed by atoms with E-state index in [1.807, 2.05) is 0 Å². The highest BCUT2D eigenvalue weighted by atomic mass is 16.7. The van der Waals surface area contributed by atoms with Crippen molar-refractivity contribution in [2.24, 2.45) is 11.1 Å². The molecule has 3 heteroatoms. The monoisotopic (exact) mass is 225 g/mol. The van der Waals surface area contributed by atoms with Gasteiger partial charge in [0.1, 0.15) is 0 Å². The normalized spacial score (nSPS) is 27.1. The Labute approximate surface area is 98.0 Å². The molecular weight excluding hydrogens is 202 g/mol. The molecule has 0 radical (unpaired) electrons. The first kappa shape index (κ1) is 12.1. The summed E-state index contributed by atoms with van der Waals surface area (Å²) < 4.78 is 10.9. The first-order chi connectivity index (χ1) is 7.70. The van der Waals surface area contributed by atoms with Gasteiger partial charge in [0.2, 0.25) is 0 Å². The minimum Gasteiger partial charge on any atom is -0.353 e.